The summed E-state index contributed by atoms with van der Waals surface area (Å²) >= 11 is 0. The molecule has 17 heavy (non-hydrogen) atoms. The van der Waals surface area contributed by atoms with E-state index in [0.29, 0.717) is 31.3 Å². The summed E-state index contributed by atoms with van der Waals surface area (Å²) in [6.07, 6.45) is 2.70. The molecule has 1 aromatic carbocycles. The number of anilines is 1. The van der Waals surface area contributed by atoms with Crippen molar-refractivity contribution in [2.75, 3.05) is 25.6 Å². The molecule has 4 heteroatoms. The molecule has 1 heterocycles. The van der Waals surface area contributed by atoms with Crippen molar-refractivity contribution in [3.8, 4) is 5.75 Å². The lowest BCUT2D eigenvalue weighted by Crippen LogP contribution is -2.07. The van der Waals surface area contributed by atoms with Gasteiger partial charge in [0.1, 0.15) is 11.6 Å². The summed E-state index contributed by atoms with van der Waals surface area (Å²) in [6, 6.07) is 2.76. The van der Waals surface area contributed by atoms with Crippen molar-refractivity contribution in [3.05, 3.63) is 29.6 Å². The van der Waals surface area contributed by atoms with Crippen LogP contribution >= 0.6 is 0 Å². The first-order valence-corrected chi connectivity index (χ1v) is 5.71. The standard InChI is InChI=1S/C13H16FNO2/c1-2-17-13-11(7-10(14)8-12(13)15)9-3-5-16-6-4-9/h3,7-8H,2,4-6,15H2,1H3. The van der Waals surface area contributed by atoms with Crippen molar-refractivity contribution in [2.45, 2.75) is 13.3 Å². The molecule has 2 N–H and O–H groups in total. The summed E-state index contributed by atoms with van der Waals surface area (Å²) < 4.78 is 24.2. The second-order valence-electron chi connectivity index (χ2n) is 3.86. The maximum absolute atomic E-state index is 13.4. The highest BCUT2D eigenvalue weighted by Gasteiger charge is 2.15. The third-order valence-corrected chi connectivity index (χ3v) is 2.68. The molecule has 0 fully saturated rings. The number of benzene rings is 1. The second-order valence-corrected chi connectivity index (χ2v) is 3.86. The van der Waals surface area contributed by atoms with Crippen LogP contribution in [-0.4, -0.2) is 19.8 Å². The molecular formula is C13H16FNO2. The van der Waals surface area contributed by atoms with Gasteiger partial charge in [0, 0.05) is 11.6 Å². The lowest BCUT2D eigenvalue weighted by atomic mass is 9.99. The summed E-state index contributed by atoms with van der Waals surface area (Å²) in [5, 5.41) is 0. The van der Waals surface area contributed by atoms with Crippen LogP contribution in [0.4, 0.5) is 10.1 Å². The van der Waals surface area contributed by atoms with Gasteiger partial charge in [0.2, 0.25) is 0 Å². The first-order chi connectivity index (χ1) is 8.22. The van der Waals surface area contributed by atoms with Gasteiger partial charge < -0.3 is 15.2 Å². The summed E-state index contributed by atoms with van der Waals surface area (Å²) in [6.45, 7) is 3.59. The molecule has 0 saturated heterocycles. The molecule has 0 unspecified atom stereocenters. The van der Waals surface area contributed by atoms with E-state index < -0.39 is 0 Å². The highest BCUT2D eigenvalue weighted by molar-refractivity contribution is 5.76. The minimum atomic E-state index is -0.339. The van der Waals surface area contributed by atoms with Crippen LogP contribution in [0.1, 0.15) is 18.9 Å². The van der Waals surface area contributed by atoms with Crippen molar-refractivity contribution in [3.63, 3.8) is 0 Å². The fraction of sp³-hybridized carbons (Fsp3) is 0.385. The predicted octanol–water partition coefficient (Wildman–Crippen LogP) is 2.61. The number of hydrogen-bond acceptors (Lipinski definition) is 3. The Balaban J connectivity index is 2.46. The van der Waals surface area contributed by atoms with E-state index in [9.17, 15) is 4.39 Å². The lowest BCUT2D eigenvalue weighted by molar-refractivity contribution is 0.161. The van der Waals surface area contributed by atoms with Gasteiger partial charge in [0.25, 0.3) is 0 Å². The average molecular weight is 237 g/mol. The Morgan fingerprint density at radius 3 is 2.94 bits per heavy atom. The Labute approximate surface area is 100 Å². The molecule has 0 radical (unpaired) electrons. The molecule has 0 aromatic heterocycles. The third-order valence-electron chi connectivity index (χ3n) is 2.68. The molecule has 0 atom stereocenters. The molecule has 1 aromatic rings. The number of hydrogen-bond donors (Lipinski definition) is 1. The van der Waals surface area contributed by atoms with Gasteiger partial charge in [-0.2, -0.15) is 0 Å². The SMILES string of the molecule is CCOc1c(N)cc(F)cc1C1=CCOCC1. The third kappa shape index (κ3) is 2.58. The maximum atomic E-state index is 13.4. The van der Waals surface area contributed by atoms with Crippen LogP contribution in [0.3, 0.4) is 0 Å². The van der Waals surface area contributed by atoms with Gasteiger partial charge in [0.05, 0.1) is 25.5 Å². The van der Waals surface area contributed by atoms with Crippen molar-refractivity contribution < 1.29 is 13.9 Å². The van der Waals surface area contributed by atoms with E-state index in [1.807, 2.05) is 13.0 Å². The largest absolute Gasteiger partial charge is 0.491 e. The molecule has 3 nitrogen and oxygen atoms in total. The molecule has 1 aliphatic rings. The van der Waals surface area contributed by atoms with E-state index in [0.717, 1.165) is 17.6 Å². The van der Waals surface area contributed by atoms with Crippen molar-refractivity contribution in [2.24, 2.45) is 0 Å². The van der Waals surface area contributed by atoms with Crippen LogP contribution in [-0.2, 0) is 4.74 Å². The molecule has 0 aliphatic carbocycles. The van der Waals surface area contributed by atoms with Crippen LogP contribution in [0, 0.1) is 5.82 Å². The van der Waals surface area contributed by atoms with Crippen LogP contribution in [0.15, 0.2) is 18.2 Å². The van der Waals surface area contributed by atoms with E-state index in [1.54, 1.807) is 0 Å². The van der Waals surface area contributed by atoms with Gasteiger partial charge in [-0.25, -0.2) is 4.39 Å². The maximum Gasteiger partial charge on any atom is 0.149 e. The molecule has 0 amide bonds. The topological polar surface area (TPSA) is 44.5 Å². The lowest BCUT2D eigenvalue weighted by Gasteiger charge is -2.18. The smallest absolute Gasteiger partial charge is 0.149 e. The van der Waals surface area contributed by atoms with Gasteiger partial charge in [-0.05, 0) is 25.0 Å². The molecule has 0 saturated carbocycles. The van der Waals surface area contributed by atoms with Crippen molar-refractivity contribution in [1.82, 2.24) is 0 Å². The van der Waals surface area contributed by atoms with Crippen LogP contribution in [0.5, 0.6) is 5.75 Å². The monoisotopic (exact) mass is 237 g/mol. The van der Waals surface area contributed by atoms with E-state index >= 15 is 0 Å². The Morgan fingerprint density at radius 1 is 1.47 bits per heavy atom. The quantitative estimate of drug-likeness (QED) is 0.822. The van der Waals surface area contributed by atoms with E-state index in [4.69, 9.17) is 15.2 Å². The number of ether oxygens (including phenoxy) is 2. The van der Waals surface area contributed by atoms with Gasteiger partial charge in [-0.3, -0.25) is 0 Å². The zero-order valence-electron chi connectivity index (χ0n) is 9.83. The number of rotatable bonds is 3. The summed E-state index contributed by atoms with van der Waals surface area (Å²) in [7, 11) is 0. The van der Waals surface area contributed by atoms with E-state index in [2.05, 4.69) is 0 Å². The zero-order valence-corrected chi connectivity index (χ0v) is 9.83. The van der Waals surface area contributed by atoms with Crippen LogP contribution in [0.25, 0.3) is 5.57 Å². The predicted molar refractivity (Wildman–Crippen MR) is 65.4 cm³/mol. The Hall–Kier alpha value is -1.55. The van der Waals surface area contributed by atoms with Crippen LogP contribution in [0.2, 0.25) is 0 Å². The Morgan fingerprint density at radius 2 is 2.29 bits per heavy atom. The van der Waals surface area contributed by atoms with E-state index in [-0.39, 0.29) is 5.82 Å². The molecule has 1 aliphatic heterocycles. The number of halogens is 1. The molecule has 2 rings (SSSR count). The minimum Gasteiger partial charge on any atom is -0.491 e. The molecule has 0 bridgehead atoms. The van der Waals surface area contributed by atoms with E-state index in [1.165, 1.54) is 12.1 Å². The van der Waals surface area contributed by atoms with Gasteiger partial charge in [-0.1, -0.05) is 6.08 Å². The Bertz CT molecular complexity index is 443. The summed E-state index contributed by atoms with van der Waals surface area (Å²) in [5.74, 6) is 0.232. The highest BCUT2D eigenvalue weighted by atomic mass is 19.1. The summed E-state index contributed by atoms with van der Waals surface area (Å²) in [4.78, 5) is 0. The first-order valence-electron chi connectivity index (χ1n) is 5.71. The molecule has 0 spiro atoms. The number of nitrogen functional groups attached to an aromatic ring is 1. The molecule has 92 valence electrons. The number of nitrogens with two attached hydrogens (primary N) is 1. The fourth-order valence-electron chi connectivity index (χ4n) is 1.93. The Kier molecular flexibility index (Phi) is 3.64. The van der Waals surface area contributed by atoms with Crippen LogP contribution < -0.4 is 10.5 Å². The minimum absolute atomic E-state index is 0.339. The highest BCUT2D eigenvalue weighted by Crippen LogP contribution is 2.35. The van der Waals surface area contributed by atoms with Crippen molar-refractivity contribution >= 4 is 11.3 Å². The fourth-order valence-corrected chi connectivity index (χ4v) is 1.93. The first kappa shape index (κ1) is 11.9. The van der Waals surface area contributed by atoms with Crippen molar-refractivity contribution in [1.29, 1.82) is 0 Å². The average Bonchev–Trinajstić information content (AvgIpc) is 2.33. The van der Waals surface area contributed by atoms with Gasteiger partial charge in [0.15, 0.2) is 0 Å². The normalized spacial score (nSPS) is 15.5. The van der Waals surface area contributed by atoms with Gasteiger partial charge in [-0.15, -0.1) is 0 Å². The zero-order chi connectivity index (χ0) is 12.3. The second kappa shape index (κ2) is 5.19. The molecular weight excluding hydrogens is 221 g/mol. The summed E-state index contributed by atoms with van der Waals surface area (Å²) in [5.41, 5.74) is 7.91. The van der Waals surface area contributed by atoms with Gasteiger partial charge >= 0.3 is 0 Å².